The molecule has 0 aliphatic carbocycles. The molecule has 3 aromatic carbocycles. The summed E-state index contributed by atoms with van der Waals surface area (Å²) in [5.74, 6) is 7.31. The molecule has 6 heterocycles. The van der Waals surface area contributed by atoms with Gasteiger partial charge in [0.15, 0.2) is 5.65 Å². The molecule has 19 heteroatoms. The minimum Gasteiger partial charge on any atom is -0.478 e. The van der Waals surface area contributed by atoms with Crippen LogP contribution in [0.1, 0.15) is 153 Å². The molecule has 0 radical (unpaired) electrons. The molecule has 2 fully saturated rings. The van der Waals surface area contributed by atoms with Crippen molar-refractivity contribution in [1.29, 1.82) is 0 Å². The molecule has 85 heavy (non-hydrogen) atoms. The summed E-state index contributed by atoms with van der Waals surface area (Å²) < 4.78 is 24.2. The molecule has 4 aromatic heterocycles. The van der Waals surface area contributed by atoms with E-state index in [0.717, 1.165) is 58.4 Å². The number of rotatable bonds is 6. The van der Waals surface area contributed by atoms with Crippen LogP contribution < -0.4 is 5.32 Å². The number of aromatic carboxylic acids is 1. The number of aliphatic hydroxyl groups is 1. The fraction of sp³-hybridized carbons (Fsp3) is 0.409. The molecule has 0 amide bonds. The van der Waals surface area contributed by atoms with E-state index in [2.05, 4.69) is 135 Å². The number of unbranched alkanes of at least 4 members (excludes halogenated alkanes) is 1. The number of fused-ring (bicyclic) bond motifs is 2. The van der Waals surface area contributed by atoms with Crippen LogP contribution in [0.2, 0.25) is 19.6 Å². The Morgan fingerprint density at radius 2 is 1.25 bits per heavy atom. The Labute approximate surface area is 537 Å². The number of aromatic nitrogens is 6. The minimum atomic E-state index is -1.10. The Balaban J connectivity index is -0.000000457. The predicted octanol–water partition coefficient (Wildman–Crippen LogP) is 13.5. The standard InChI is InChI=1S/C16H11N3O2.C11H10O2.C9H9IO2.C6H4N3.C6H13NO.C5H10O.C5H10Si.C4H10.CH4O.3CH4.W/c1-11-5-6-13(16(20)21)10-12(11)7-8-15-18-17-14-4-2-3-9-19(14)15;1-4-9-7-10(11(12)13-3)6-5-8(9)2;1-6-3-4-7(5-8(6)10)9(11)12-2;1-2-4-9-5-7-8-6(9)3-1;1-2-7-6-4-3-5-8-6;1-5-3-2-4-6-5;1-5-6(2,3)4;1-3-4-2;1-2;;;;/h2-6,9-10H,1H3,(H,20,21);1,5-7H,2-3H3;3-5H,1-2H3;1-4H;6-7H,2-5H2,1H3;5H,2-4H2,1H3;1H,2-4H3;3-4H2,1-2H3;2H,1H3;3*1H4;/q;;;-1;;;;;;;;;. The number of hydrogen-bond donors (Lipinski definition) is 3. The van der Waals surface area contributed by atoms with Crippen molar-refractivity contribution in [2.75, 3.05) is 41.1 Å². The number of esters is 2. The third-order valence-corrected chi connectivity index (χ3v) is 13.1. The van der Waals surface area contributed by atoms with Crippen LogP contribution in [0.25, 0.3) is 11.3 Å². The number of carbonyl (C=O) groups is 3. The first-order valence-corrected chi connectivity index (χ1v) is 31.1. The van der Waals surface area contributed by atoms with E-state index in [0.29, 0.717) is 34.8 Å². The number of nitrogens with zero attached hydrogens (tertiary/aromatic N) is 6. The van der Waals surface area contributed by atoms with Crippen molar-refractivity contribution in [3.63, 3.8) is 0 Å². The van der Waals surface area contributed by atoms with E-state index in [1.54, 1.807) is 51.3 Å². The summed E-state index contributed by atoms with van der Waals surface area (Å²) in [7, 11) is 2.63. The van der Waals surface area contributed by atoms with Crippen molar-refractivity contribution in [2.45, 2.75) is 141 Å². The van der Waals surface area contributed by atoms with E-state index in [-0.39, 0.29) is 60.8 Å². The number of hydrogen-bond acceptors (Lipinski definition) is 13. The van der Waals surface area contributed by atoms with E-state index in [1.807, 2.05) is 81.7 Å². The van der Waals surface area contributed by atoms with Crippen LogP contribution in [-0.4, -0.2) is 119 Å². The second-order valence-electron chi connectivity index (χ2n) is 18.7. The number of aryl methyl sites for hydroxylation is 3. The van der Waals surface area contributed by atoms with E-state index in [9.17, 15) is 14.4 Å². The molecule has 2 saturated heterocycles. The molecule has 2 aliphatic rings. The second-order valence-corrected chi connectivity index (χ2v) is 24.6. The monoisotopic (exact) mass is 1470 g/mol. The summed E-state index contributed by atoms with van der Waals surface area (Å²) >= 11 is 2.19. The van der Waals surface area contributed by atoms with Crippen LogP contribution in [0.3, 0.4) is 0 Å². The number of carbonyl (C=O) groups excluding carboxylic acids is 2. The summed E-state index contributed by atoms with van der Waals surface area (Å²) in [5.41, 5.74) is 10.1. The third kappa shape index (κ3) is 34.3. The number of benzene rings is 3. The van der Waals surface area contributed by atoms with Gasteiger partial charge in [-0.2, -0.15) is 0 Å². The summed E-state index contributed by atoms with van der Waals surface area (Å²) in [5, 5.41) is 34.6. The van der Waals surface area contributed by atoms with Crippen molar-refractivity contribution in [2.24, 2.45) is 0 Å². The fourth-order valence-electron chi connectivity index (χ4n) is 6.23. The van der Waals surface area contributed by atoms with Gasteiger partial charge in [-0.25, -0.2) is 24.6 Å². The van der Waals surface area contributed by atoms with Gasteiger partial charge < -0.3 is 33.6 Å². The molecular formula is C66H93IN7O9SiW-. The van der Waals surface area contributed by atoms with Crippen LogP contribution >= 0.6 is 22.6 Å². The Morgan fingerprint density at radius 1 is 0.729 bits per heavy atom. The molecule has 0 saturated carbocycles. The maximum atomic E-state index is 11.1. The van der Waals surface area contributed by atoms with Gasteiger partial charge in [0, 0.05) is 74.3 Å². The van der Waals surface area contributed by atoms with Crippen molar-refractivity contribution in [3.05, 3.63) is 164 Å². The van der Waals surface area contributed by atoms with E-state index >= 15 is 0 Å². The van der Waals surface area contributed by atoms with E-state index in [1.165, 1.54) is 58.3 Å². The van der Waals surface area contributed by atoms with Crippen LogP contribution in [-0.2, 0) is 40.0 Å². The molecule has 2 unspecified atom stereocenters. The number of halogens is 1. The molecule has 3 N–H and O–H groups in total. The number of aliphatic hydroxyl groups excluding tert-OH is 1. The molecule has 2 atom stereocenters. The molecule has 464 valence electrons. The SMILES string of the molecule is C.C.C.C#C[Si](C)(C)C.C#Cc1cc(C(=O)OC)ccc1C.CC1CCCO1.CCCC.CCNC1CCCO1.CO.COC(=O)c1ccc(C)c(I)c1.Cc1ccc(C(=O)O)cc1C#Cc1nnc2ccccn12.[W].[c-]1nnc2ccccn12. The average Bonchev–Trinajstić information content (AvgIpc) is 4.25. The number of methoxy groups -OCH3 is 2. The summed E-state index contributed by atoms with van der Waals surface area (Å²) in [6.45, 7) is 23.8. The number of terminal acetylenes is 2. The molecule has 7 aromatic rings. The van der Waals surface area contributed by atoms with Crippen LogP contribution in [0.5, 0.6) is 0 Å². The third-order valence-electron chi connectivity index (χ3n) is 11.1. The van der Waals surface area contributed by atoms with E-state index < -0.39 is 14.0 Å². The number of pyridine rings is 2. The second kappa shape index (κ2) is 48.7. The smallest absolute Gasteiger partial charge is 0.337 e. The van der Waals surface area contributed by atoms with Crippen molar-refractivity contribution in [1.82, 2.24) is 34.5 Å². The van der Waals surface area contributed by atoms with Crippen molar-refractivity contribution in [3.8, 4) is 36.2 Å². The molecule has 16 nitrogen and oxygen atoms in total. The summed E-state index contributed by atoms with van der Waals surface area (Å²) in [4.78, 5) is 33.2. The normalized spacial score (nSPS) is 12.6. The van der Waals surface area contributed by atoms with Crippen molar-refractivity contribution >= 4 is 59.9 Å². The first kappa shape index (κ1) is 84.9. The van der Waals surface area contributed by atoms with E-state index in [4.69, 9.17) is 32.5 Å². The number of nitrogens with one attached hydrogen (secondary N) is 1. The van der Waals surface area contributed by atoms with Gasteiger partial charge >= 0.3 is 17.9 Å². The molecule has 2 aliphatic heterocycles. The van der Waals surface area contributed by atoms with Gasteiger partial charge in [-0.1, -0.05) is 130 Å². The number of carboxylic acids is 1. The van der Waals surface area contributed by atoms with Gasteiger partial charge in [0.2, 0.25) is 5.82 Å². The Kier molecular flexibility index (Phi) is 48.6. The maximum Gasteiger partial charge on any atom is 0.337 e. The quantitative estimate of drug-likeness (QED) is 0.0467. The molecule has 0 spiro atoms. The minimum absolute atomic E-state index is 0. The first-order valence-electron chi connectivity index (χ1n) is 26.5. The van der Waals surface area contributed by atoms with Gasteiger partial charge in [0.05, 0.1) is 37.0 Å². The topological polar surface area (TPSA) is 201 Å². The largest absolute Gasteiger partial charge is 0.478 e. The van der Waals surface area contributed by atoms with Crippen LogP contribution in [0.4, 0.5) is 0 Å². The molecule has 9 rings (SSSR count). The number of carboxylic acid groups (broad SMARTS) is 1. The Bertz CT molecular complexity index is 3090. The summed E-state index contributed by atoms with van der Waals surface area (Å²) in [6, 6.07) is 26.8. The van der Waals surface area contributed by atoms with Crippen LogP contribution in [0, 0.1) is 66.8 Å². The average molecular weight is 1470 g/mol. The predicted molar refractivity (Wildman–Crippen MR) is 353 cm³/mol. The van der Waals surface area contributed by atoms with Gasteiger partial charge in [-0.3, -0.25) is 9.72 Å². The van der Waals surface area contributed by atoms with Crippen molar-refractivity contribution < 1.29 is 64.6 Å². The Morgan fingerprint density at radius 3 is 1.71 bits per heavy atom. The molecule has 0 bridgehead atoms. The number of ether oxygens (including phenoxy) is 4. The fourth-order valence-corrected chi connectivity index (χ4v) is 6.74. The zero-order chi connectivity index (χ0) is 60.8. The van der Waals surface area contributed by atoms with Gasteiger partial charge in [-0.15, -0.1) is 34.7 Å². The van der Waals surface area contributed by atoms with Crippen LogP contribution in [0.15, 0.2) is 103 Å². The Hall–Kier alpha value is -6.53. The van der Waals surface area contributed by atoms with Gasteiger partial charge in [-0.05, 0) is 154 Å². The summed E-state index contributed by atoms with van der Waals surface area (Å²) in [6.07, 6.45) is 25.2. The van der Waals surface area contributed by atoms with Gasteiger partial charge in [0.1, 0.15) is 14.3 Å². The molecular weight excluding hydrogens is 1370 g/mol. The van der Waals surface area contributed by atoms with Gasteiger partial charge in [0.25, 0.3) is 0 Å². The first-order chi connectivity index (χ1) is 38.7. The zero-order valence-electron chi connectivity index (χ0n) is 49.7. The maximum absolute atomic E-state index is 11.1. The zero-order valence-corrected chi connectivity index (χ0v) is 55.8.